The summed E-state index contributed by atoms with van der Waals surface area (Å²) in [5, 5.41) is 12.3. The molecule has 0 aliphatic carbocycles. The highest BCUT2D eigenvalue weighted by atomic mass is 35.5. The lowest BCUT2D eigenvalue weighted by Crippen LogP contribution is -2.16. The van der Waals surface area contributed by atoms with Gasteiger partial charge in [0.15, 0.2) is 5.16 Å². The molecule has 1 heterocycles. The number of hydrogen-bond donors (Lipinski definition) is 1. The Balaban J connectivity index is 1.71. The molecule has 0 fully saturated rings. The molecule has 0 unspecified atom stereocenters. The van der Waals surface area contributed by atoms with Gasteiger partial charge in [0.25, 0.3) is 0 Å². The number of carbonyl (C=O) groups excluding carboxylic acids is 1. The van der Waals surface area contributed by atoms with E-state index in [1.165, 1.54) is 17.3 Å². The largest absolute Gasteiger partial charge is 0.324 e. The molecule has 7 heteroatoms. The molecular weight excluding hydrogens is 380 g/mol. The summed E-state index contributed by atoms with van der Waals surface area (Å²) >= 11 is 7.60. The number of aryl methyl sites for hydroxylation is 4. The lowest BCUT2D eigenvalue weighted by molar-refractivity contribution is -0.113. The van der Waals surface area contributed by atoms with Crippen molar-refractivity contribution in [2.45, 2.75) is 32.9 Å². The molecule has 0 saturated carbocycles. The highest BCUT2D eigenvalue weighted by molar-refractivity contribution is 7.99. The summed E-state index contributed by atoms with van der Waals surface area (Å²) in [6.45, 7) is 8.01. The Morgan fingerprint density at radius 2 is 1.85 bits per heavy atom. The first-order valence-electron chi connectivity index (χ1n) is 8.52. The molecule has 5 nitrogen and oxygen atoms in total. The highest BCUT2D eigenvalue weighted by Gasteiger charge is 2.14. The molecule has 1 amide bonds. The van der Waals surface area contributed by atoms with Gasteiger partial charge < -0.3 is 5.32 Å². The van der Waals surface area contributed by atoms with E-state index in [2.05, 4.69) is 28.5 Å². The summed E-state index contributed by atoms with van der Waals surface area (Å²) in [6.07, 6.45) is 1.67. The molecule has 0 atom stereocenters. The van der Waals surface area contributed by atoms with E-state index in [1.54, 1.807) is 6.33 Å². The number of carbonyl (C=O) groups is 1. The zero-order valence-electron chi connectivity index (χ0n) is 15.7. The van der Waals surface area contributed by atoms with Crippen molar-refractivity contribution in [2.75, 3.05) is 11.1 Å². The molecule has 0 bridgehead atoms. The van der Waals surface area contributed by atoms with E-state index < -0.39 is 0 Å². The van der Waals surface area contributed by atoms with Crippen LogP contribution in [0.3, 0.4) is 0 Å². The second-order valence-corrected chi connectivity index (χ2v) is 7.90. The normalized spacial score (nSPS) is 10.9. The third-order valence-electron chi connectivity index (χ3n) is 4.16. The number of halogens is 1. The second-order valence-electron chi connectivity index (χ2n) is 6.55. The first-order chi connectivity index (χ1) is 12.8. The van der Waals surface area contributed by atoms with Gasteiger partial charge in [-0.2, -0.15) is 0 Å². The molecule has 140 valence electrons. The van der Waals surface area contributed by atoms with Gasteiger partial charge in [-0.15, -0.1) is 10.2 Å². The van der Waals surface area contributed by atoms with Gasteiger partial charge in [0.05, 0.1) is 22.2 Å². The minimum Gasteiger partial charge on any atom is -0.324 e. The van der Waals surface area contributed by atoms with Crippen molar-refractivity contribution in [3.05, 3.63) is 63.9 Å². The van der Waals surface area contributed by atoms with E-state index in [1.807, 2.05) is 49.6 Å². The van der Waals surface area contributed by atoms with Crippen LogP contribution in [-0.4, -0.2) is 26.4 Å². The first-order valence-corrected chi connectivity index (χ1v) is 9.88. The van der Waals surface area contributed by atoms with Gasteiger partial charge in [-0.1, -0.05) is 47.1 Å². The van der Waals surface area contributed by atoms with Crippen molar-refractivity contribution >= 4 is 35.0 Å². The summed E-state index contributed by atoms with van der Waals surface area (Å²) in [7, 11) is 0. The number of amides is 1. The molecule has 3 rings (SSSR count). The molecule has 27 heavy (non-hydrogen) atoms. The molecule has 0 spiro atoms. The van der Waals surface area contributed by atoms with Crippen LogP contribution in [0.4, 0.5) is 5.69 Å². The molecule has 0 aliphatic heterocycles. The predicted octanol–water partition coefficient (Wildman–Crippen LogP) is 4.89. The summed E-state index contributed by atoms with van der Waals surface area (Å²) in [5.74, 6) is 0.0804. The smallest absolute Gasteiger partial charge is 0.234 e. The van der Waals surface area contributed by atoms with Crippen LogP contribution in [-0.2, 0) is 4.79 Å². The number of benzene rings is 2. The maximum Gasteiger partial charge on any atom is 0.234 e. The zero-order valence-corrected chi connectivity index (χ0v) is 17.3. The minimum atomic E-state index is -0.135. The Morgan fingerprint density at radius 1 is 1.11 bits per heavy atom. The summed E-state index contributed by atoms with van der Waals surface area (Å²) < 4.78 is 1.90. The van der Waals surface area contributed by atoms with Crippen LogP contribution in [0.15, 0.2) is 41.8 Å². The number of anilines is 1. The maximum absolute atomic E-state index is 12.4. The van der Waals surface area contributed by atoms with Crippen molar-refractivity contribution in [1.29, 1.82) is 0 Å². The fourth-order valence-electron chi connectivity index (χ4n) is 2.94. The van der Waals surface area contributed by atoms with Gasteiger partial charge in [0, 0.05) is 0 Å². The number of nitrogens with one attached hydrogen (secondary N) is 1. The van der Waals surface area contributed by atoms with Crippen LogP contribution in [0.1, 0.15) is 22.3 Å². The summed E-state index contributed by atoms with van der Waals surface area (Å²) in [6, 6.07) is 10.0. The van der Waals surface area contributed by atoms with Gasteiger partial charge in [-0.25, -0.2) is 0 Å². The Kier molecular flexibility index (Phi) is 5.87. The quantitative estimate of drug-likeness (QED) is 0.619. The Bertz CT molecular complexity index is 976. The molecule has 0 saturated heterocycles. The van der Waals surface area contributed by atoms with Gasteiger partial charge >= 0.3 is 0 Å². The fourth-order valence-corrected chi connectivity index (χ4v) is 4.03. The van der Waals surface area contributed by atoms with E-state index in [0.717, 1.165) is 22.4 Å². The van der Waals surface area contributed by atoms with E-state index >= 15 is 0 Å². The number of thioether (sulfide) groups is 1. The monoisotopic (exact) mass is 400 g/mol. The number of nitrogens with zero attached hydrogens (tertiary/aromatic N) is 3. The van der Waals surface area contributed by atoms with Crippen molar-refractivity contribution in [2.24, 2.45) is 0 Å². The van der Waals surface area contributed by atoms with E-state index in [-0.39, 0.29) is 11.7 Å². The average Bonchev–Trinajstić information content (AvgIpc) is 3.04. The highest BCUT2D eigenvalue weighted by Crippen LogP contribution is 2.28. The molecule has 0 aliphatic rings. The average molecular weight is 401 g/mol. The van der Waals surface area contributed by atoms with Gasteiger partial charge in [0.1, 0.15) is 6.33 Å². The molecule has 2 aromatic carbocycles. The van der Waals surface area contributed by atoms with Crippen LogP contribution in [0.2, 0.25) is 5.02 Å². The third kappa shape index (κ3) is 4.51. The molecular formula is C20H21ClN4OS. The van der Waals surface area contributed by atoms with Crippen molar-refractivity contribution in [3.63, 3.8) is 0 Å². The maximum atomic E-state index is 12.4. The molecule has 3 aromatic rings. The molecule has 1 aromatic heterocycles. The van der Waals surface area contributed by atoms with Crippen LogP contribution in [0, 0.1) is 27.7 Å². The van der Waals surface area contributed by atoms with E-state index in [0.29, 0.717) is 15.9 Å². The van der Waals surface area contributed by atoms with Crippen LogP contribution >= 0.6 is 23.4 Å². The van der Waals surface area contributed by atoms with E-state index in [9.17, 15) is 4.79 Å². The Morgan fingerprint density at radius 3 is 2.56 bits per heavy atom. The van der Waals surface area contributed by atoms with Crippen LogP contribution in [0.25, 0.3) is 5.69 Å². The van der Waals surface area contributed by atoms with Crippen LogP contribution in [0.5, 0.6) is 0 Å². The SMILES string of the molecule is Cc1ccc(-n2cnnc2SCC(=O)Nc2c(C)cc(C)cc2Cl)c(C)c1. The zero-order chi connectivity index (χ0) is 19.6. The predicted molar refractivity (Wildman–Crippen MR) is 111 cm³/mol. The van der Waals surface area contributed by atoms with Crippen molar-refractivity contribution in [1.82, 2.24) is 14.8 Å². The minimum absolute atomic E-state index is 0.135. The summed E-state index contributed by atoms with van der Waals surface area (Å²) in [5.41, 5.74) is 5.99. The Labute approximate surface area is 168 Å². The molecule has 0 radical (unpaired) electrons. The van der Waals surface area contributed by atoms with Crippen LogP contribution < -0.4 is 5.32 Å². The van der Waals surface area contributed by atoms with E-state index in [4.69, 9.17) is 11.6 Å². The standard InChI is InChI=1S/C20H21ClN4OS/c1-12-5-6-17(14(3)7-12)25-11-22-24-20(25)27-10-18(26)23-19-15(4)8-13(2)9-16(19)21/h5-9,11H,10H2,1-4H3,(H,23,26). The summed E-state index contributed by atoms with van der Waals surface area (Å²) in [4.78, 5) is 12.4. The number of hydrogen-bond acceptors (Lipinski definition) is 4. The first kappa shape index (κ1) is 19.5. The lowest BCUT2D eigenvalue weighted by atomic mass is 10.1. The topological polar surface area (TPSA) is 59.8 Å². The van der Waals surface area contributed by atoms with Gasteiger partial charge in [-0.3, -0.25) is 9.36 Å². The van der Waals surface area contributed by atoms with Gasteiger partial charge in [-0.05, 0) is 56.5 Å². The second kappa shape index (κ2) is 8.15. The number of aromatic nitrogens is 3. The Hall–Kier alpha value is -2.31. The van der Waals surface area contributed by atoms with Crippen molar-refractivity contribution in [3.8, 4) is 5.69 Å². The molecule has 1 N–H and O–H groups in total. The lowest BCUT2D eigenvalue weighted by Gasteiger charge is -2.12. The van der Waals surface area contributed by atoms with Crippen molar-refractivity contribution < 1.29 is 4.79 Å². The van der Waals surface area contributed by atoms with Gasteiger partial charge in [0.2, 0.25) is 5.91 Å². The number of rotatable bonds is 5. The fraction of sp³-hybridized carbons (Fsp3) is 0.250. The third-order valence-corrected chi connectivity index (χ3v) is 5.40.